The molecular weight excluding hydrogens is 282 g/mol. The van der Waals surface area contributed by atoms with Gasteiger partial charge in [0.15, 0.2) is 0 Å². The molecule has 0 bridgehead atoms. The van der Waals surface area contributed by atoms with E-state index in [4.69, 9.17) is 0 Å². The van der Waals surface area contributed by atoms with Gasteiger partial charge in [0.1, 0.15) is 0 Å². The summed E-state index contributed by atoms with van der Waals surface area (Å²) >= 11 is 3.36. The normalized spacial score (nSPS) is 16.5. The summed E-state index contributed by atoms with van der Waals surface area (Å²) in [6.07, 6.45) is 1.99. The van der Waals surface area contributed by atoms with Crippen molar-refractivity contribution in [2.75, 3.05) is 18.4 Å². The van der Waals surface area contributed by atoms with Gasteiger partial charge in [0, 0.05) is 16.2 Å². The van der Waals surface area contributed by atoms with E-state index < -0.39 is 0 Å². The molecule has 2 rings (SSSR count). The molecule has 0 saturated carbocycles. The quantitative estimate of drug-likeness (QED) is 0.785. The number of halogens is 1. The summed E-state index contributed by atoms with van der Waals surface area (Å²) in [4.78, 5) is 11.7. The van der Waals surface area contributed by atoms with E-state index in [0.717, 1.165) is 36.1 Å². The van der Waals surface area contributed by atoms with Crippen LogP contribution < -0.4 is 16.0 Å². The van der Waals surface area contributed by atoms with Gasteiger partial charge in [-0.1, -0.05) is 15.9 Å². The summed E-state index contributed by atoms with van der Waals surface area (Å²) in [5.41, 5.74) is 0.805. The first-order chi connectivity index (χ1) is 8.24. The van der Waals surface area contributed by atoms with Gasteiger partial charge in [-0.15, -0.1) is 0 Å². The molecule has 1 aromatic carbocycles. The van der Waals surface area contributed by atoms with Crippen molar-refractivity contribution in [1.29, 1.82) is 0 Å². The van der Waals surface area contributed by atoms with E-state index in [0.29, 0.717) is 0 Å². The summed E-state index contributed by atoms with van der Waals surface area (Å²) in [6.45, 7) is 1.95. The van der Waals surface area contributed by atoms with Gasteiger partial charge in [0.05, 0.1) is 0 Å². The van der Waals surface area contributed by atoms with Crippen LogP contribution in [0.1, 0.15) is 12.8 Å². The molecule has 4 nitrogen and oxygen atoms in total. The van der Waals surface area contributed by atoms with Crippen molar-refractivity contribution in [2.24, 2.45) is 0 Å². The van der Waals surface area contributed by atoms with Crippen LogP contribution in [0.15, 0.2) is 28.7 Å². The third kappa shape index (κ3) is 4.02. The predicted molar refractivity (Wildman–Crippen MR) is 72.2 cm³/mol. The van der Waals surface area contributed by atoms with Crippen molar-refractivity contribution in [3.63, 3.8) is 0 Å². The Kier molecular flexibility index (Phi) is 4.39. The third-order valence-corrected chi connectivity index (χ3v) is 3.31. The SMILES string of the molecule is O=C(Nc1ccc(Br)cc1)NC1CCNCC1. The van der Waals surface area contributed by atoms with Crippen LogP contribution in [0.5, 0.6) is 0 Å². The zero-order valence-electron chi connectivity index (χ0n) is 9.50. The minimum atomic E-state index is -0.126. The van der Waals surface area contributed by atoms with E-state index in [-0.39, 0.29) is 12.1 Å². The number of carbonyl (C=O) groups is 1. The Morgan fingerprint density at radius 3 is 2.53 bits per heavy atom. The Labute approximate surface area is 109 Å². The van der Waals surface area contributed by atoms with Gasteiger partial charge in [0.2, 0.25) is 0 Å². The number of nitrogens with one attached hydrogen (secondary N) is 3. The monoisotopic (exact) mass is 297 g/mol. The summed E-state index contributed by atoms with van der Waals surface area (Å²) in [6, 6.07) is 7.70. The maximum absolute atomic E-state index is 11.7. The lowest BCUT2D eigenvalue weighted by atomic mass is 10.1. The highest BCUT2D eigenvalue weighted by atomic mass is 79.9. The molecule has 1 saturated heterocycles. The largest absolute Gasteiger partial charge is 0.335 e. The molecule has 0 aromatic heterocycles. The molecule has 0 unspecified atom stereocenters. The number of hydrogen-bond acceptors (Lipinski definition) is 2. The fourth-order valence-corrected chi connectivity index (χ4v) is 2.12. The van der Waals surface area contributed by atoms with Crippen LogP contribution in [0.25, 0.3) is 0 Å². The summed E-state index contributed by atoms with van der Waals surface area (Å²) in [5, 5.41) is 9.07. The fraction of sp³-hybridized carbons (Fsp3) is 0.417. The van der Waals surface area contributed by atoms with Gasteiger partial charge in [-0.25, -0.2) is 4.79 Å². The second-order valence-corrected chi connectivity index (χ2v) is 5.05. The second-order valence-electron chi connectivity index (χ2n) is 4.13. The highest BCUT2D eigenvalue weighted by Gasteiger charge is 2.14. The summed E-state index contributed by atoms with van der Waals surface area (Å²) < 4.78 is 1.00. The molecule has 0 spiro atoms. The topological polar surface area (TPSA) is 53.2 Å². The Balaban J connectivity index is 1.82. The van der Waals surface area contributed by atoms with Crippen LogP contribution in [0.4, 0.5) is 10.5 Å². The first kappa shape index (κ1) is 12.4. The van der Waals surface area contributed by atoms with Gasteiger partial charge in [0.25, 0.3) is 0 Å². The number of urea groups is 1. The number of benzene rings is 1. The number of carbonyl (C=O) groups excluding carboxylic acids is 1. The Bertz CT molecular complexity index is 374. The van der Waals surface area contributed by atoms with E-state index in [2.05, 4.69) is 31.9 Å². The lowest BCUT2D eigenvalue weighted by molar-refractivity contribution is 0.245. The van der Waals surface area contributed by atoms with Gasteiger partial charge >= 0.3 is 6.03 Å². The van der Waals surface area contributed by atoms with Crippen LogP contribution in [0.3, 0.4) is 0 Å². The van der Waals surface area contributed by atoms with Gasteiger partial charge in [-0.3, -0.25) is 0 Å². The maximum Gasteiger partial charge on any atom is 0.319 e. The average molecular weight is 298 g/mol. The number of rotatable bonds is 2. The van der Waals surface area contributed by atoms with Crippen LogP contribution in [0.2, 0.25) is 0 Å². The molecule has 5 heteroatoms. The lowest BCUT2D eigenvalue weighted by Crippen LogP contribution is -2.44. The van der Waals surface area contributed by atoms with E-state index in [1.807, 2.05) is 24.3 Å². The smallest absolute Gasteiger partial charge is 0.319 e. The standard InChI is InChI=1S/C12H16BrN3O/c13-9-1-3-10(4-2-9)15-12(17)16-11-5-7-14-8-6-11/h1-4,11,14H,5-8H2,(H2,15,16,17). The first-order valence-electron chi connectivity index (χ1n) is 5.78. The Hall–Kier alpha value is -1.07. The third-order valence-electron chi connectivity index (χ3n) is 2.78. The van der Waals surface area contributed by atoms with Crippen LogP contribution in [-0.2, 0) is 0 Å². The molecule has 92 valence electrons. The molecule has 1 aromatic rings. The maximum atomic E-state index is 11.7. The lowest BCUT2D eigenvalue weighted by Gasteiger charge is -2.23. The zero-order chi connectivity index (χ0) is 12.1. The van der Waals surface area contributed by atoms with Gasteiger partial charge in [-0.2, -0.15) is 0 Å². The van der Waals surface area contributed by atoms with Crippen molar-refractivity contribution >= 4 is 27.6 Å². The molecule has 0 radical (unpaired) electrons. The van der Waals surface area contributed by atoms with E-state index in [1.165, 1.54) is 0 Å². The summed E-state index contributed by atoms with van der Waals surface area (Å²) in [7, 11) is 0. The summed E-state index contributed by atoms with van der Waals surface area (Å²) in [5.74, 6) is 0. The molecule has 2 amide bonds. The Morgan fingerprint density at radius 1 is 1.24 bits per heavy atom. The van der Waals surface area contributed by atoms with Crippen molar-refractivity contribution in [3.8, 4) is 0 Å². The molecule has 0 aliphatic carbocycles. The van der Waals surface area contributed by atoms with Crippen LogP contribution >= 0.6 is 15.9 Å². The first-order valence-corrected chi connectivity index (χ1v) is 6.57. The van der Waals surface area contributed by atoms with Gasteiger partial charge < -0.3 is 16.0 Å². The van der Waals surface area contributed by atoms with Crippen LogP contribution in [0, 0.1) is 0 Å². The van der Waals surface area contributed by atoms with Crippen molar-refractivity contribution in [2.45, 2.75) is 18.9 Å². The van der Waals surface area contributed by atoms with Crippen molar-refractivity contribution in [1.82, 2.24) is 10.6 Å². The fourth-order valence-electron chi connectivity index (χ4n) is 1.85. The number of piperidine rings is 1. The molecule has 1 aliphatic rings. The number of hydrogen-bond donors (Lipinski definition) is 3. The molecule has 1 aliphatic heterocycles. The van der Waals surface area contributed by atoms with E-state index in [1.54, 1.807) is 0 Å². The molecule has 1 heterocycles. The Morgan fingerprint density at radius 2 is 1.88 bits per heavy atom. The highest BCUT2D eigenvalue weighted by Crippen LogP contribution is 2.14. The highest BCUT2D eigenvalue weighted by molar-refractivity contribution is 9.10. The minimum Gasteiger partial charge on any atom is -0.335 e. The van der Waals surface area contributed by atoms with E-state index >= 15 is 0 Å². The van der Waals surface area contributed by atoms with Crippen molar-refractivity contribution < 1.29 is 4.79 Å². The van der Waals surface area contributed by atoms with E-state index in [9.17, 15) is 4.79 Å². The molecular formula is C12H16BrN3O. The number of anilines is 1. The minimum absolute atomic E-state index is 0.126. The van der Waals surface area contributed by atoms with Crippen LogP contribution in [-0.4, -0.2) is 25.2 Å². The van der Waals surface area contributed by atoms with Crippen molar-refractivity contribution in [3.05, 3.63) is 28.7 Å². The zero-order valence-corrected chi connectivity index (χ0v) is 11.1. The molecule has 3 N–H and O–H groups in total. The predicted octanol–water partition coefficient (Wildman–Crippen LogP) is 2.32. The molecule has 0 atom stereocenters. The average Bonchev–Trinajstić information content (AvgIpc) is 2.33. The van der Waals surface area contributed by atoms with Gasteiger partial charge in [-0.05, 0) is 50.2 Å². The molecule has 1 fully saturated rings. The second kappa shape index (κ2) is 6.02. The molecule has 17 heavy (non-hydrogen) atoms. The number of amides is 2.